The van der Waals surface area contributed by atoms with Crippen LogP contribution >= 0.6 is 0 Å². The first-order valence-electron chi connectivity index (χ1n) is 4.72. The van der Waals surface area contributed by atoms with E-state index in [1.807, 2.05) is 30.9 Å². The SMILES string of the molecule is CNc1nccc(-c2cnn(C)c2C)n1. The molecule has 5 nitrogen and oxygen atoms in total. The fourth-order valence-corrected chi connectivity index (χ4v) is 1.38. The standard InChI is InChI=1S/C10H13N5/c1-7-8(6-13-15(7)3)9-4-5-12-10(11-2)14-9/h4-6H,1-3H3,(H,11,12,14). The van der Waals surface area contributed by atoms with Gasteiger partial charge in [0.15, 0.2) is 0 Å². The average Bonchev–Trinajstić information content (AvgIpc) is 2.60. The molecule has 0 saturated carbocycles. The molecule has 0 atom stereocenters. The van der Waals surface area contributed by atoms with Gasteiger partial charge < -0.3 is 5.32 Å². The monoisotopic (exact) mass is 203 g/mol. The van der Waals surface area contributed by atoms with Crippen molar-refractivity contribution >= 4 is 5.95 Å². The molecule has 2 rings (SSSR count). The summed E-state index contributed by atoms with van der Waals surface area (Å²) in [6.07, 6.45) is 3.55. The topological polar surface area (TPSA) is 55.6 Å². The van der Waals surface area contributed by atoms with Gasteiger partial charge in [-0.3, -0.25) is 4.68 Å². The fourth-order valence-electron chi connectivity index (χ4n) is 1.38. The Morgan fingerprint density at radius 1 is 1.40 bits per heavy atom. The van der Waals surface area contributed by atoms with Crippen molar-refractivity contribution in [3.05, 3.63) is 24.2 Å². The molecule has 0 unspecified atom stereocenters. The molecular weight excluding hydrogens is 190 g/mol. The van der Waals surface area contributed by atoms with Gasteiger partial charge in [-0.2, -0.15) is 5.10 Å². The summed E-state index contributed by atoms with van der Waals surface area (Å²) in [5.41, 5.74) is 3.02. The van der Waals surface area contributed by atoms with E-state index in [2.05, 4.69) is 20.4 Å². The maximum Gasteiger partial charge on any atom is 0.222 e. The van der Waals surface area contributed by atoms with Crippen LogP contribution in [0, 0.1) is 6.92 Å². The lowest BCUT2D eigenvalue weighted by Gasteiger charge is -2.02. The number of anilines is 1. The summed E-state index contributed by atoms with van der Waals surface area (Å²) in [4.78, 5) is 8.43. The predicted octanol–water partition coefficient (Wildman–Crippen LogP) is 1.23. The third-order valence-electron chi connectivity index (χ3n) is 2.39. The average molecular weight is 203 g/mol. The molecule has 0 aliphatic carbocycles. The molecule has 0 radical (unpaired) electrons. The summed E-state index contributed by atoms with van der Waals surface area (Å²) in [6, 6.07) is 1.88. The van der Waals surface area contributed by atoms with Crippen LogP contribution in [0.5, 0.6) is 0 Å². The molecule has 0 fully saturated rings. The van der Waals surface area contributed by atoms with Crippen molar-refractivity contribution in [3.63, 3.8) is 0 Å². The molecule has 0 aromatic carbocycles. The molecule has 0 aliphatic heterocycles. The van der Waals surface area contributed by atoms with Crippen LogP contribution < -0.4 is 5.32 Å². The van der Waals surface area contributed by atoms with Gasteiger partial charge in [0.05, 0.1) is 11.9 Å². The van der Waals surface area contributed by atoms with E-state index >= 15 is 0 Å². The van der Waals surface area contributed by atoms with E-state index in [0.29, 0.717) is 5.95 Å². The molecular formula is C10H13N5. The maximum absolute atomic E-state index is 4.36. The molecule has 0 saturated heterocycles. The third-order valence-corrected chi connectivity index (χ3v) is 2.39. The first-order chi connectivity index (χ1) is 7.22. The smallest absolute Gasteiger partial charge is 0.222 e. The Kier molecular flexibility index (Phi) is 2.37. The van der Waals surface area contributed by atoms with Crippen molar-refractivity contribution in [2.75, 3.05) is 12.4 Å². The van der Waals surface area contributed by atoms with Crippen molar-refractivity contribution in [1.29, 1.82) is 0 Å². The van der Waals surface area contributed by atoms with Gasteiger partial charge in [0.2, 0.25) is 5.95 Å². The van der Waals surface area contributed by atoms with E-state index < -0.39 is 0 Å². The number of nitrogens with one attached hydrogen (secondary N) is 1. The first-order valence-corrected chi connectivity index (χ1v) is 4.72. The Balaban J connectivity index is 2.49. The molecule has 5 heteroatoms. The second-order valence-electron chi connectivity index (χ2n) is 3.28. The lowest BCUT2D eigenvalue weighted by atomic mass is 10.2. The zero-order valence-corrected chi connectivity index (χ0v) is 9.02. The van der Waals surface area contributed by atoms with Crippen molar-refractivity contribution in [2.45, 2.75) is 6.92 Å². The van der Waals surface area contributed by atoms with Gasteiger partial charge in [-0.25, -0.2) is 9.97 Å². The minimum atomic E-state index is 0.621. The van der Waals surface area contributed by atoms with Crippen LogP contribution in [-0.2, 0) is 7.05 Å². The number of rotatable bonds is 2. The summed E-state index contributed by atoms with van der Waals surface area (Å²) in [7, 11) is 3.72. The molecule has 2 aromatic heterocycles. The van der Waals surface area contributed by atoms with E-state index in [0.717, 1.165) is 17.0 Å². The summed E-state index contributed by atoms with van der Waals surface area (Å²) in [6.45, 7) is 2.02. The Morgan fingerprint density at radius 2 is 2.20 bits per heavy atom. The number of aromatic nitrogens is 4. The van der Waals surface area contributed by atoms with Crippen LogP contribution in [0.2, 0.25) is 0 Å². The number of hydrogen-bond donors (Lipinski definition) is 1. The van der Waals surface area contributed by atoms with E-state index in [9.17, 15) is 0 Å². The number of aryl methyl sites for hydroxylation is 1. The Bertz CT molecular complexity index is 474. The van der Waals surface area contributed by atoms with E-state index in [1.165, 1.54) is 0 Å². The fraction of sp³-hybridized carbons (Fsp3) is 0.300. The quantitative estimate of drug-likeness (QED) is 0.797. The Labute approximate surface area is 88.2 Å². The molecule has 78 valence electrons. The zero-order valence-electron chi connectivity index (χ0n) is 9.02. The van der Waals surface area contributed by atoms with Crippen molar-refractivity contribution in [3.8, 4) is 11.3 Å². The van der Waals surface area contributed by atoms with Gasteiger partial charge in [0, 0.05) is 31.5 Å². The normalized spacial score (nSPS) is 10.3. The Hall–Kier alpha value is -1.91. The van der Waals surface area contributed by atoms with Crippen LogP contribution in [-0.4, -0.2) is 26.8 Å². The largest absolute Gasteiger partial charge is 0.357 e. The first kappa shape index (κ1) is 9.64. The highest BCUT2D eigenvalue weighted by molar-refractivity contribution is 5.61. The van der Waals surface area contributed by atoms with Crippen LogP contribution in [0.4, 0.5) is 5.95 Å². The van der Waals surface area contributed by atoms with Gasteiger partial charge in [0.1, 0.15) is 0 Å². The lowest BCUT2D eigenvalue weighted by Crippen LogP contribution is -1.97. The summed E-state index contributed by atoms with van der Waals surface area (Å²) in [5.74, 6) is 0.621. The molecule has 0 amide bonds. The van der Waals surface area contributed by atoms with Crippen molar-refractivity contribution in [1.82, 2.24) is 19.7 Å². The summed E-state index contributed by atoms with van der Waals surface area (Å²) < 4.78 is 1.83. The van der Waals surface area contributed by atoms with Crippen LogP contribution in [0.1, 0.15) is 5.69 Å². The Morgan fingerprint density at radius 3 is 2.80 bits per heavy atom. The van der Waals surface area contributed by atoms with Crippen molar-refractivity contribution in [2.24, 2.45) is 7.05 Å². The van der Waals surface area contributed by atoms with Crippen molar-refractivity contribution < 1.29 is 0 Å². The number of nitrogens with zero attached hydrogens (tertiary/aromatic N) is 4. The maximum atomic E-state index is 4.36. The second-order valence-corrected chi connectivity index (χ2v) is 3.28. The molecule has 15 heavy (non-hydrogen) atoms. The molecule has 0 spiro atoms. The molecule has 1 N–H and O–H groups in total. The van der Waals surface area contributed by atoms with Crippen LogP contribution in [0.25, 0.3) is 11.3 Å². The molecule has 0 bridgehead atoms. The van der Waals surface area contributed by atoms with E-state index in [-0.39, 0.29) is 0 Å². The highest BCUT2D eigenvalue weighted by atomic mass is 15.3. The molecule has 0 aliphatic rings. The van der Waals surface area contributed by atoms with E-state index in [1.54, 1.807) is 13.2 Å². The van der Waals surface area contributed by atoms with Gasteiger partial charge in [0.25, 0.3) is 0 Å². The van der Waals surface area contributed by atoms with Crippen LogP contribution in [0.3, 0.4) is 0 Å². The van der Waals surface area contributed by atoms with Gasteiger partial charge >= 0.3 is 0 Å². The molecule has 2 heterocycles. The minimum Gasteiger partial charge on any atom is -0.357 e. The third kappa shape index (κ3) is 1.68. The van der Waals surface area contributed by atoms with Gasteiger partial charge in [-0.15, -0.1) is 0 Å². The summed E-state index contributed by atoms with van der Waals surface area (Å²) >= 11 is 0. The number of hydrogen-bond acceptors (Lipinski definition) is 4. The minimum absolute atomic E-state index is 0.621. The second kappa shape index (κ2) is 3.68. The lowest BCUT2D eigenvalue weighted by molar-refractivity contribution is 0.740. The van der Waals surface area contributed by atoms with Crippen LogP contribution in [0.15, 0.2) is 18.5 Å². The highest BCUT2D eigenvalue weighted by Crippen LogP contribution is 2.20. The predicted molar refractivity (Wildman–Crippen MR) is 58.5 cm³/mol. The molecule has 2 aromatic rings. The highest BCUT2D eigenvalue weighted by Gasteiger charge is 2.08. The van der Waals surface area contributed by atoms with E-state index in [4.69, 9.17) is 0 Å². The van der Waals surface area contributed by atoms with Gasteiger partial charge in [-0.1, -0.05) is 0 Å². The zero-order chi connectivity index (χ0) is 10.8. The summed E-state index contributed by atoms with van der Waals surface area (Å²) in [5, 5.41) is 7.10. The van der Waals surface area contributed by atoms with Gasteiger partial charge in [-0.05, 0) is 13.0 Å².